The predicted octanol–water partition coefficient (Wildman–Crippen LogP) is 2.04. The van der Waals surface area contributed by atoms with Crippen molar-refractivity contribution in [3.8, 4) is 0 Å². The Morgan fingerprint density at radius 1 is 1.38 bits per heavy atom. The molecule has 1 N–H and O–H groups in total. The van der Waals surface area contributed by atoms with Crippen LogP contribution in [-0.4, -0.2) is 31.3 Å². The maximum atomic E-state index is 11.8. The second kappa shape index (κ2) is 6.08. The summed E-state index contributed by atoms with van der Waals surface area (Å²) in [6.45, 7) is 4.65. The average molecular weight is 340 g/mol. The van der Waals surface area contributed by atoms with Crippen molar-refractivity contribution in [1.29, 1.82) is 0 Å². The number of hydrogen-bond donors (Lipinski definition) is 1. The van der Waals surface area contributed by atoms with Gasteiger partial charge < -0.3 is 5.32 Å². The van der Waals surface area contributed by atoms with Gasteiger partial charge in [-0.1, -0.05) is 34.4 Å². The third-order valence-corrected chi connectivity index (χ3v) is 5.59. The molecule has 0 spiro atoms. The van der Waals surface area contributed by atoms with E-state index in [1.807, 2.05) is 6.92 Å². The molecule has 0 radical (unpaired) electrons. The summed E-state index contributed by atoms with van der Waals surface area (Å²) in [5, 5.41) is 17.2. The summed E-state index contributed by atoms with van der Waals surface area (Å²) in [5.41, 5.74) is 0.567. The molecule has 0 amide bonds. The van der Waals surface area contributed by atoms with Crippen molar-refractivity contribution in [2.75, 3.05) is 11.9 Å². The van der Waals surface area contributed by atoms with Crippen LogP contribution in [0.5, 0.6) is 0 Å². The van der Waals surface area contributed by atoms with Crippen LogP contribution in [0, 0.1) is 6.92 Å². The summed E-state index contributed by atoms with van der Waals surface area (Å²) >= 11 is 4.49. The van der Waals surface area contributed by atoms with Crippen molar-refractivity contribution in [2.24, 2.45) is 0 Å². The van der Waals surface area contributed by atoms with Crippen LogP contribution in [0.4, 0.5) is 5.13 Å². The number of aromatic nitrogens is 5. The quantitative estimate of drug-likeness (QED) is 0.711. The molecule has 3 heterocycles. The molecule has 10 heteroatoms. The average Bonchev–Trinajstić information content (AvgIpc) is 3.03. The van der Waals surface area contributed by atoms with Gasteiger partial charge >= 0.3 is 0 Å². The van der Waals surface area contributed by atoms with E-state index in [4.69, 9.17) is 0 Å². The zero-order valence-corrected chi connectivity index (χ0v) is 13.8. The molecule has 3 rings (SSSR count). The second-order valence-corrected chi connectivity index (χ2v) is 7.36. The summed E-state index contributed by atoms with van der Waals surface area (Å²) in [6, 6.07) is 1.48. The van der Waals surface area contributed by atoms with Crippen LogP contribution in [0.25, 0.3) is 4.96 Å². The summed E-state index contributed by atoms with van der Waals surface area (Å²) in [4.78, 5) is 16.7. The zero-order chi connectivity index (χ0) is 14.8. The Labute approximate surface area is 132 Å². The van der Waals surface area contributed by atoms with Crippen LogP contribution >= 0.6 is 34.4 Å². The molecule has 0 saturated heterocycles. The van der Waals surface area contributed by atoms with Gasteiger partial charge in [0.05, 0.1) is 5.75 Å². The Balaban J connectivity index is 1.75. The van der Waals surface area contributed by atoms with E-state index in [0.29, 0.717) is 16.4 Å². The number of aryl methyl sites for hydroxylation is 1. The molecule has 3 aromatic heterocycles. The first-order chi connectivity index (χ1) is 10.2. The fourth-order valence-electron chi connectivity index (χ4n) is 1.63. The monoisotopic (exact) mass is 340 g/mol. The van der Waals surface area contributed by atoms with Gasteiger partial charge in [-0.2, -0.15) is 9.61 Å². The summed E-state index contributed by atoms with van der Waals surface area (Å²) in [7, 11) is 0. The van der Waals surface area contributed by atoms with Crippen LogP contribution in [-0.2, 0) is 5.75 Å². The summed E-state index contributed by atoms with van der Waals surface area (Å²) in [5.74, 6) is 0.646. The fraction of sp³-hybridized carbons (Fsp3) is 0.364. The molecule has 0 unspecified atom stereocenters. The second-order valence-electron chi connectivity index (χ2n) is 4.12. The first-order valence-corrected chi connectivity index (χ1v) is 8.84. The van der Waals surface area contributed by atoms with Gasteiger partial charge in [0.25, 0.3) is 5.56 Å². The van der Waals surface area contributed by atoms with Gasteiger partial charge in [0, 0.05) is 18.3 Å². The van der Waals surface area contributed by atoms with Gasteiger partial charge in [-0.3, -0.25) is 4.79 Å². The third-order valence-electron chi connectivity index (χ3n) is 2.47. The zero-order valence-electron chi connectivity index (χ0n) is 11.4. The highest BCUT2D eigenvalue weighted by Gasteiger charge is 2.10. The van der Waals surface area contributed by atoms with Gasteiger partial charge in [-0.25, -0.2) is 4.98 Å². The number of hydrogen-bond acceptors (Lipinski definition) is 9. The molecule has 110 valence electrons. The minimum atomic E-state index is -0.143. The van der Waals surface area contributed by atoms with Crippen molar-refractivity contribution in [3.63, 3.8) is 0 Å². The van der Waals surface area contributed by atoms with E-state index in [1.165, 1.54) is 33.3 Å². The molecule has 0 atom stereocenters. The molecule has 0 fully saturated rings. The topological polar surface area (TPSA) is 85.1 Å². The highest BCUT2D eigenvalue weighted by Crippen LogP contribution is 2.29. The molecule has 0 aliphatic rings. The predicted molar refractivity (Wildman–Crippen MR) is 85.5 cm³/mol. The molecule has 3 aromatic rings. The van der Waals surface area contributed by atoms with Crippen LogP contribution in [0.3, 0.4) is 0 Å². The van der Waals surface area contributed by atoms with E-state index in [9.17, 15) is 4.79 Å². The maximum Gasteiger partial charge on any atom is 0.275 e. The molecule has 21 heavy (non-hydrogen) atoms. The lowest BCUT2D eigenvalue weighted by Gasteiger charge is -1.92. The Morgan fingerprint density at radius 3 is 3.05 bits per heavy atom. The Morgan fingerprint density at radius 2 is 2.24 bits per heavy atom. The lowest BCUT2D eigenvalue weighted by molar-refractivity contribution is 0.870. The van der Waals surface area contributed by atoms with Crippen molar-refractivity contribution in [3.05, 3.63) is 27.1 Å². The van der Waals surface area contributed by atoms with Gasteiger partial charge in [-0.15, -0.1) is 10.2 Å². The van der Waals surface area contributed by atoms with E-state index in [1.54, 1.807) is 18.7 Å². The van der Waals surface area contributed by atoms with Gasteiger partial charge in [0.15, 0.2) is 4.34 Å². The molecule has 0 aromatic carbocycles. The third kappa shape index (κ3) is 3.22. The SMILES string of the molecule is CCNc1nnc(SCc2nn3c(=O)cc(C)nc3s2)s1. The minimum absolute atomic E-state index is 0.143. The van der Waals surface area contributed by atoms with Crippen LogP contribution < -0.4 is 10.9 Å². The molecule has 0 aliphatic heterocycles. The van der Waals surface area contributed by atoms with Crippen LogP contribution in [0.15, 0.2) is 15.2 Å². The summed E-state index contributed by atoms with van der Waals surface area (Å²) in [6.07, 6.45) is 0. The van der Waals surface area contributed by atoms with Crippen molar-refractivity contribution in [2.45, 2.75) is 23.9 Å². The standard InChI is InChI=1S/C11H12N6OS3/c1-3-12-9-14-15-11(21-9)19-5-7-16-17-8(18)4-6(2)13-10(17)20-7/h4H,3,5H2,1-2H3,(H,12,14). The summed E-state index contributed by atoms with van der Waals surface area (Å²) < 4.78 is 2.22. The Hall–Kier alpha value is -1.52. The lowest BCUT2D eigenvalue weighted by Crippen LogP contribution is -2.14. The molecule has 7 nitrogen and oxygen atoms in total. The number of nitrogens with zero attached hydrogens (tertiary/aromatic N) is 5. The number of fused-ring (bicyclic) bond motifs is 1. The van der Waals surface area contributed by atoms with Gasteiger partial charge in [0.1, 0.15) is 5.01 Å². The minimum Gasteiger partial charge on any atom is -0.360 e. The fourth-order valence-corrected chi connectivity index (χ4v) is 4.38. The smallest absolute Gasteiger partial charge is 0.275 e. The number of rotatable bonds is 5. The van der Waals surface area contributed by atoms with Gasteiger partial charge in [0.2, 0.25) is 10.1 Å². The number of anilines is 1. The van der Waals surface area contributed by atoms with E-state index >= 15 is 0 Å². The normalized spacial score (nSPS) is 11.1. The molecular formula is C11H12N6OS3. The number of thioether (sulfide) groups is 1. The van der Waals surface area contributed by atoms with E-state index < -0.39 is 0 Å². The van der Waals surface area contributed by atoms with Crippen molar-refractivity contribution >= 4 is 44.5 Å². The van der Waals surface area contributed by atoms with Gasteiger partial charge in [-0.05, 0) is 13.8 Å². The highest BCUT2D eigenvalue weighted by molar-refractivity contribution is 8.00. The molecule has 0 aliphatic carbocycles. The molecule has 0 bridgehead atoms. The van der Waals surface area contributed by atoms with E-state index in [-0.39, 0.29) is 5.56 Å². The molecular weight excluding hydrogens is 328 g/mol. The van der Waals surface area contributed by atoms with E-state index in [2.05, 4.69) is 25.6 Å². The Bertz CT molecular complexity index is 823. The van der Waals surface area contributed by atoms with Crippen LogP contribution in [0.1, 0.15) is 17.6 Å². The first kappa shape index (κ1) is 14.4. The highest BCUT2D eigenvalue weighted by atomic mass is 32.2. The Kier molecular flexibility index (Phi) is 4.17. The van der Waals surface area contributed by atoms with Crippen molar-refractivity contribution < 1.29 is 0 Å². The lowest BCUT2D eigenvalue weighted by atomic mass is 10.5. The van der Waals surface area contributed by atoms with Crippen LogP contribution in [0.2, 0.25) is 0 Å². The van der Waals surface area contributed by atoms with Crippen molar-refractivity contribution in [1.82, 2.24) is 24.8 Å². The number of nitrogens with one attached hydrogen (secondary N) is 1. The molecule has 0 saturated carbocycles. The maximum absolute atomic E-state index is 11.8. The van der Waals surface area contributed by atoms with E-state index in [0.717, 1.165) is 21.0 Å². The first-order valence-electron chi connectivity index (χ1n) is 6.22. The largest absolute Gasteiger partial charge is 0.360 e.